The lowest BCUT2D eigenvalue weighted by molar-refractivity contribution is -0.137. The van der Waals surface area contributed by atoms with Crippen LogP contribution in [0.2, 0.25) is 0 Å². The first-order valence-corrected chi connectivity index (χ1v) is 8.06. The third kappa shape index (κ3) is 3.71. The van der Waals surface area contributed by atoms with E-state index < -0.39 is 11.7 Å². The quantitative estimate of drug-likeness (QED) is 0.817. The van der Waals surface area contributed by atoms with Crippen LogP contribution in [0.5, 0.6) is 0 Å². The van der Waals surface area contributed by atoms with Crippen LogP contribution in [0.25, 0.3) is 0 Å². The van der Waals surface area contributed by atoms with Gasteiger partial charge in [0, 0.05) is 31.9 Å². The zero-order valence-corrected chi connectivity index (χ0v) is 13.8. The van der Waals surface area contributed by atoms with E-state index in [-0.39, 0.29) is 5.56 Å². The molecule has 1 fully saturated rings. The number of aryl methyl sites for hydroxylation is 1. The molecule has 0 radical (unpaired) electrons. The van der Waals surface area contributed by atoms with Crippen LogP contribution in [-0.2, 0) is 6.18 Å². The van der Waals surface area contributed by atoms with E-state index in [9.17, 15) is 18.4 Å². The third-order valence-electron chi connectivity index (χ3n) is 4.46. The van der Waals surface area contributed by atoms with Crippen LogP contribution in [0.3, 0.4) is 0 Å². The van der Waals surface area contributed by atoms with Gasteiger partial charge in [-0.1, -0.05) is 17.7 Å². The number of alkyl halides is 3. The minimum Gasteiger partial charge on any atom is -0.368 e. The number of benzene rings is 2. The Hall–Kier alpha value is -2.68. The smallest absolute Gasteiger partial charge is 0.368 e. The van der Waals surface area contributed by atoms with Gasteiger partial charge in [-0.25, -0.2) is 0 Å². The number of halogens is 3. The molecule has 0 atom stereocenters. The Morgan fingerprint density at radius 3 is 2.08 bits per heavy atom. The Morgan fingerprint density at radius 2 is 1.52 bits per heavy atom. The molecule has 3 rings (SSSR count). The predicted molar refractivity (Wildman–Crippen MR) is 91.8 cm³/mol. The first-order valence-electron chi connectivity index (χ1n) is 8.06. The monoisotopic (exact) mass is 345 g/mol. The minimum absolute atomic E-state index is 0.275. The molecular formula is C19H18F3N3. The number of hydrogen-bond donors (Lipinski definition) is 0. The van der Waals surface area contributed by atoms with Gasteiger partial charge in [-0.2, -0.15) is 18.4 Å². The average Bonchev–Trinajstić information content (AvgIpc) is 2.61. The molecule has 0 bridgehead atoms. The average molecular weight is 345 g/mol. The van der Waals surface area contributed by atoms with Crippen LogP contribution in [0, 0.1) is 18.3 Å². The summed E-state index contributed by atoms with van der Waals surface area (Å²) in [6.07, 6.45) is -4.41. The second kappa shape index (κ2) is 6.67. The van der Waals surface area contributed by atoms with Gasteiger partial charge in [0.15, 0.2) is 0 Å². The van der Waals surface area contributed by atoms with E-state index in [1.54, 1.807) is 0 Å². The van der Waals surface area contributed by atoms with Crippen LogP contribution >= 0.6 is 0 Å². The molecule has 0 aromatic heterocycles. The summed E-state index contributed by atoms with van der Waals surface area (Å²) in [7, 11) is 0. The summed E-state index contributed by atoms with van der Waals surface area (Å²) in [5.74, 6) is 0. The number of hydrogen-bond acceptors (Lipinski definition) is 3. The molecule has 0 unspecified atom stereocenters. The normalized spacial score (nSPS) is 15.2. The number of piperazine rings is 1. The van der Waals surface area contributed by atoms with Crippen molar-refractivity contribution in [2.75, 3.05) is 36.0 Å². The molecule has 0 aliphatic carbocycles. The Labute approximate surface area is 144 Å². The van der Waals surface area contributed by atoms with Crippen molar-refractivity contribution < 1.29 is 13.2 Å². The molecule has 1 heterocycles. The standard InChI is InChI=1S/C19H18F3N3/c1-14-2-6-17(7-3-14)24-8-10-25(11-9-24)18-12-16(19(20,21)22)5-4-15(18)13-23/h2-7,12H,8-11H2,1H3. The molecule has 6 heteroatoms. The highest BCUT2D eigenvalue weighted by molar-refractivity contribution is 5.62. The van der Waals surface area contributed by atoms with Crippen molar-refractivity contribution in [1.29, 1.82) is 5.26 Å². The van der Waals surface area contributed by atoms with Gasteiger partial charge >= 0.3 is 6.18 Å². The first-order chi connectivity index (χ1) is 11.9. The van der Waals surface area contributed by atoms with Gasteiger partial charge in [0.05, 0.1) is 16.8 Å². The first kappa shape index (κ1) is 17.2. The lowest BCUT2D eigenvalue weighted by Gasteiger charge is -2.38. The van der Waals surface area contributed by atoms with Crippen LogP contribution < -0.4 is 9.80 Å². The van der Waals surface area contributed by atoms with Gasteiger partial charge < -0.3 is 9.80 Å². The molecule has 2 aromatic carbocycles. The second-order valence-corrected chi connectivity index (χ2v) is 6.15. The molecule has 0 saturated carbocycles. The Bertz CT molecular complexity index is 783. The summed E-state index contributed by atoms with van der Waals surface area (Å²) in [5.41, 5.74) is 2.21. The third-order valence-corrected chi connectivity index (χ3v) is 4.46. The summed E-state index contributed by atoms with van der Waals surface area (Å²) in [6, 6.07) is 13.5. The fourth-order valence-corrected chi connectivity index (χ4v) is 3.03. The molecule has 130 valence electrons. The van der Waals surface area contributed by atoms with Crippen molar-refractivity contribution in [3.63, 3.8) is 0 Å². The van der Waals surface area contributed by atoms with E-state index in [0.29, 0.717) is 31.9 Å². The summed E-state index contributed by atoms with van der Waals surface area (Å²) < 4.78 is 38.9. The van der Waals surface area contributed by atoms with Crippen LogP contribution in [0.4, 0.5) is 24.5 Å². The molecule has 2 aromatic rings. The van der Waals surface area contributed by atoms with Crippen molar-refractivity contribution in [3.8, 4) is 6.07 Å². The van der Waals surface area contributed by atoms with Crippen molar-refractivity contribution in [1.82, 2.24) is 0 Å². The van der Waals surface area contributed by atoms with Gasteiger partial charge in [-0.05, 0) is 37.3 Å². The number of nitrogens with zero attached hydrogens (tertiary/aromatic N) is 3. The fourth-order valence-electron chi connectivity index (χ4n) is 3.03. The number of rotatable bonds is 2. The largest absolute Gasteiger partial charge is 0.416 e. The topological polar surface area (TPSA) is 30.3 Å². The van der Waals surface area contributed by atoms with Crippen LogP contribution in [-0.4, -0.2) is 26.2 Å². The predicted octanol–water partition coefficient (Wildman–Crippen LogP) is 4.21. The molecule has 0 spiro atoms. The minimum atomic E-state index is -4.41. The van der Waals surface area contributed by atoms with Crippen molar-refractivity contribution in [2.45, 2.75) is 13.1 Å². The maximum Gasteiger partial charge on any atom is 0.416 e. The number of nitriles is 1. The van der Waals surface area contributed by atoms with E-state index in [2.05, 4.69) is 17.0 Å². The maximum atomic E-state index is 13.0. The van der Waals surface area contributed by atoms with E-state index >= 15 is 0 Å². The SMILES string of the molecule is Cc1ccc(N2CCN(c3cc(C(F)(F)F)ccc3C#N)CC2)cc1. The Kier molecular flexibility index (Phi) is 4.58. The van der Waals surface area contributed by atoms with Crippen molar-refractivity contribution in [3.05, 3.63) is 59.2 Å². The lowest BCUT2D eigenvalue weighted by atomic mass is 10.1. The van der Waals surface area contributed by atoms with Crippen LogP contribution in [0.1, 0.15) is 16.7 Å². The molecule has 0 amide bonds. The summed E-state index contributed by atoms with van der Waals surface area (Å²) >= 11 is 0. The molecule has 1 saturated heterocycles. The number of anilines is 2. The van der Waals surface area contributed by atoms with E-state index in [1.165, 1.54) is 11.6 Å². The van der Waals surface area contributed by atoms with E-state index in [0.717, 1.165) is 17.8 Å². The zero-order valence-electron chi connectivity index (χ0n) is 13.8. The van der Waals surface area contributed by atoms with E-state index in [1.807, 2.05) is 30.0 Å². The molecule has 3 nitrogen and oxygen atoms in total. The molecular weight excluding hydrogens is 327 g/mol. The van der Waals surface area contributed by atoms with Crippen LogP contribution in [0.15, 0.2) is 42.5 Å². The van der Waals surface area contributed by atoms with Crippen molar-refractivity contribution >= 4 is 11.4 Å². The van der Waals surface area contributed by atoms with E-state index in [4.69, 9.17) is 0 Å². The van der Waals surface area contributed by atoms with Gasteiger partial charge in [0.25, 0.3) is 0 Å². The second-order valence-electron chi connectivity index (χ2n) is 6.15. The lowest BCUT2D eigenvalue weighted by Crippen LogP contribution is -2.46. The van der Waals surface area contributed by atoms with Crippen molar-refractivity contribution in [2.24, 2.45) is 0 Å². The van der Waals surface area contributed by atoms with Gasteiger partial charge in [-0.15, -0.1) is 0 Å². The molecule has 0 N–H and O–H groups in total. The zero-order chi connectivity index (χ0) is 18.0. The summed E-state index contributed by atoms with van der Waals surface area (Å²) in [5, 5.41) is 9.23. The van der Waals surface area contributed by atoms with Gasteiger partial charge in [0.2, 0.25) is 0 Å². The van der Waals surface area contributed by atoms with Gasteiger partial charge in [0.1, 0.15) is 6.07 Å². The van der Waals surface area contributed by atoms with Gasteiger partial charge in [-0.3, -0.25) is 0 Å². The fraction of sp³-hybridized carbons (Fsp3) is 0.316. The maximum absolute atomic E-state index is 13.0. The molecule has 1 aliphatic rings. The summed E-state index contributed by atoms with van der Waals surface area (Å²) in [4.78, 5) is 4.06. The highest BCUT2D eigenvalue weighted by Gasteiger charge is 2.32. The highest BCUT2D eigenvalue weighted by atomic mass is 19.4. The molecule has 25 heavy (non-hydrogen) atoms. The Morgan fingerprint density at radius 1 is 0.920 bits per heavy atom. The summed E-state index contributed by atoms with van der Waals surface area (Å²) in [6.45, 7) is 4.57. The molecule has 1 aliphatic heterocycles. The highest BCUT2D eigenvalue weighted by Crippen LogP contribution is 2.34. The Balaban J connectivity index is 1.78.